The Morgan fingerprint density at radius 3 is 2.59 bits per heavy atom. The first-order valence-corrected chi connectivity index (χ1v) is 12.9. The van der Waals surface area contributed by atoms with Gasteiger partial charge in [-0.25, -0.2) is 0 Å². The zero-order valence-electron chi connectivity index (χ0n) is 21.2. The molecule has 2 aromatic rings. The molecule has 1 atom stereocenters. The minimum Gasteiger partial charge on any atom is -0.497 e. The molecule has 7 heteroatoms. The van der Waals surface area contributed by atoms with E-state index in [1.807, 2.05) is 40.7 Å². The van der Waals surface area contributed by atoms with Crippen LogP contribution in [0.3, 0.4) is 0 Å². The quantitative estimate of drug-likeness (QED) is 0.603. The molecule has 186 valence electrons. The maximum Gasteiger partial charge on any atom is 0.271 e. The average molecular weight is 469 g/mol. The minimum absolute atomic E-state index is 0.0361. The van der Waals surface area contributed by atoms with Crippen molar-refractivity contribution in [3.8, 4) is 5.75 Å². The fourth-order valence-electron chi connectivity index (χ4n) is 5.59. The molecule has 7 nitrogen and oxygen atoms in total. The third-order valence-corrected chi connectivity index (χ3v) is 7.82. The van der Waals surface area contributed by atoms with Crippen molar-refractivity contribution in [1.82, 2.24) is 19.7 Å². The van der Waals surface area contributed by atoms with Crippen molar-refractivity contribution in [3.05, 3.63) is 30.0 Å². The van der Waals surface area contributed by atoms with Gasteiger partial charge in [0, 0.05) is 24.0 Å². The summed E-state index contributed by atoms with van der Waals surface area (Å²) in [5.41, 5.74) is 0.635. The van der Waals surface area contributed by atoms with Crippen molar-refractivity contribution in [3.63, 3.8) is 0 Å². The van der Waals surface area contributed by atoms with E-state index >= 15 is 0 Å². The first kappa shape index (κ1) is 24.6. The Labute approximate surface area is 203 Å². The molecule has 1 aromatic carbocycles. The van der Waals surface area contributed by atoms with Crippen LogP contribution in [0.1, 0.15) is 69.8 Å². The second-order valence-electron chi connectivity index (χ2n) is 9.96. The number of methoxy groups -OCH3 is 1. The second kappa shape index (κ2) is 10.4. The number of ether oxygens (including phenoxy) is 1. The number of amides is 2. The standard InChI is InChI=1S/C27H40N4O3/c1-5-29(6-2)15-10-16-31-25(32)24-17-20-13-14-22(34-4)18-23(20)30(24)19-27(31,3)26(33)28-21-11-8-7-9-12-21/h13-14,17-18,21H,5-12,15-16,19H2,1-4H3,(H,28,33). The van der Waals surface area contributed by atoms with E-state index < -0.39 is 5.54 Å². The number of hydrogen-bond donors (Lipinski definition) is 1. The summed E-state index contributed by atoms with van der Waals surface area (Å²) in [4.78, 5) is 31.8. The topological polar surface area (TPSA) is 66.8 Å². The number of aromatic nitrogens is 1. The van der Waals surface area contributed by atoms with Gasteiger partial charge in [-0.05, 0) is 64.0 Å². The summed E-state index contributed by atoms with van der Waals surface area (Å²) < 4.78 is 7.45. The van der Waals surface area contributed by atoms with Crippen molar-refractivity contribution in [2.75, 3.05) is 33.3 Å². The summed E-state index contributed by atoms with van der Waals surface area (Å²) in [6.45, 7) is 10.1. The fourth-order valence-corrected chi connectivity index (χ4v) is 5.59. The van der Waals surface area contributed by atoms with Crippen molar-refractivity contribution in [2.24, 2.45) is 0 Å². The van der Waals surface area contributed by atoms with E-state index in [4.69, 9.17) is 4.74 Å². The highest BCUT2D eigenvalue weighted by Gasteiger charge is 2.47. The number of rotatable bonds is 9. The summed E-state index contributed by atoms with van der Waals surface area (Å²) in [5, 5.41) is 4.30. The third-order valence-electron chi connectivity index (χ3n) is 7.82. The Hall–Kier alpha value is -2.54. The molecule has 0 saturated heterocycles. The maximum absolute atomic E-state index is 13.8. The monoisotopic (exact) mass is 468 g/mol. The molecule has 1 aliphatic carbocycles. The molecule has 2 aliphatic rings. The van der Waals surface area contributed by atoms with Crippen molar-refractivity contribution >= 4 is 22.7 Å². The molecule has 34 heavy (non-hydrogen) atoms. The van der Waals surface area contributed by atoms with Gasteiger partial charge in [0.1, 0.15) is 17.0 Å². The van der Waals surface area contributed by atoms with Crippen LogP contribution in [-0.4, -0.2) is 71.1 Å². The highest BCUT2D eigenvalue weighted by molar-refractivity contribution is 6.03. The summed E-state index contributed by atoms with van der Waals surface area (Å²) >= 11 is 0. The lowest BCUT2D eigenvalue weighted by atomic mass is 9.91. The molecule has 2 amide bonds. The van der Waals surface area contributed by atoms with Crippen LogP contribution in [0, 0.1) is 0 Å². The normalized spacial score (nSPS) is 21.2. The SMILES string of the molecule is CCN(CC)CCCN1C(=O)c2cc3ccc(OC)cc3n2CC1(C)C(=O)NC1CCCCC1. The summed E-state index contributed by atoms with van der Waals surface area (Å²) in [6.07, 6.45) is 6.42. The van der Waals surface area contributed by atoms with Crippen LogP contribution >= 0.6 is 0 Å². The molecule has 1 aliphatic heterocycles. The fraction of sp³-hybridized carbons (Fsp3) is 0.630. The Bertz CT molecular complexity index is 1020. The Morgan fingerprint density at radius 2 is 1.91 bits per heavy atom. The highest BCUT2D eigenvalue weighted by atomic mass is 16.5. The molecule has 1 unspecified atom stereocenters. The molecule has 0 spiro atoms. The predicted octanol–water partition coefficient (Wildman–Crippen LogP) is 4.05. The van der Waals surface area contributed by atoms with E-state index in [1.54, 1.807) is 7.11 Å². The van der Waals surface area contributed by atoms with Crippen LogP contribution in [0.5, 0.6) is 5.75 Å². The van der Waals surface area contributed by atoms with Gasteiger partial charge in [-0.2, -0.15) is 0 Å². The van der Waals surface area contributed by atoms with Gasteiger partial charge in [-0.3, -0.25) is 9.59 Å². The van der Waals surface area contributed by atoms with Gasteiger partial charge < -0.3 is 24.4 Å². The van der Waals surface area contributed by atoms with Gasteiger partial charge in [0.15, 0.2) is 0 Å². The first-order chi connectivity index (χ1) is 16.4. The molecule has 1 N–H and O–H groups in total. The molecule has 0 bridgehead atoms. The molecular weight excluding hydrogens is 428 g/mol. The van der Waals surface area contributed by atoms with Crippen molar-refractivity contribution < 1.29 is 14.3 Å². The number of carbonyl (C=O) groups is 2. The number of nitrogens with one attached hydrogen (secondary N) is 1. The van der Waals surface area contributed by atoms with Gasteiger partial charge in [-0.15, -0.1) is 0 Å². The largest absolute Gasteiger partial charge is 0.497 e. The highest BCUT2D eigenvalue weighted by Crippen LogP contribution is 2.34. The number of fused-ring (bicyclic) bond motifs is 3. The smallest absolute Gasteiger partial charge is 0.271 e. The summed E-state index contributed by atoms with van der Waals surface area (Å²) in [7, 11) is 1.64. The molecule has 1 aromatic heterocycles. The number of nitrogens with zero attached hydrogens (tertiary/aromatic N) is 3. The predicted molar refractivity (Wildman–Crippen MR) is 135 cm³/mol. The Morgan fingerprint density at radius 1 is 1.18 bits per heavy atom. The van der Waals surface area contributed by atoms with E-state index in [0.29, 0.717) is 18.8 Å². The molecule has 1 saturated carbocycles. The average Bonchev–Trinajstić information content (AvgIpc) is 3.21. The lowest BCUT2D eigenvalue weighted by Crippen LogP contribution is -2.65. The maximum atomic E-state index is 13.8. The first-order valence-electron chi connectivity index (χ1n) is 12.9. The van der Waals surface area contributed by atoms with E-state index in [-0.39, 0.29) is 17.9 Å². The summed E-state index contributed by atoms with van der Waals surface area (Å²) in [6, 6.07) is 8.01. The van der Waals surface area contributed by atoms with Crippen LogP contribution < -0.4 is 10.1 Å². The number of benzene rings is 1. The lowest BCUT2D eigenvalue weighted by molar-refractivity contribution is -0.133. The number of hydrogen-bond acceptors (Lipinski definition) is 4. The molecule has 2 heterocycles. The van der Waals surface area contributed by atoms with Crippen LogP contribution in [-0.2, 0) is 11.3 Å². The molecule has 0 radical (unpaired) electrons. The van der Waals surface area contributed by atoms with Gasteiger partial charge in [0.2, 0.25) is 5.91 Å². The minimum atomic E-state index is -0.945. The van der Waals surface area contributed by atoms with Crippen LogP contribution in [0.25, 0.3) is 10.9 Å². The Kier molecular flexibility index (Phi) is 7.51. The molecule has 4 rings (SSSR count). The van der Waals surface area contributed by atoms with Crippen LogP contribution in [0.15, 0.2) is 24.3 Å². The van der Waals surface area contributed by atoms with Crippen LogP contribution in [0.2, 0.25) is 0 Å². The van der Waals surface area contributed by atoms with E-state index in [1.165, 1.54) is 6.42 Å². The number of carbonyl (C=O) groups excluding carboxylic acids is 2. The zero-order chi connectivity index (χ0) is 24.3. The Balaban J connectivity index is 1.66. The van der Waals surface area contributed by atoms with Crippen molar-refractivity contribution in [1.29, 1.82) is 0 Å². The van der Waals surface area contributed by atoms with Gasteiger partial charge in [0.05, 0.1) is 19.2 Å². The van der Waals surface area contributed by atoms with E-state index in [2.05, 4.69) is 24.1 Å². The van der Waals surface area contributed by atoms with Gasteiger partial charge in [-0.1, -0.05) is 33.1 Å². The van der Waals surface area contributed by atoms with E-state index in [0.717, 1.165) is 68.4 Å². The summed E-state index contributed by atoms with van der Waals surface area (Å²) in [5.74, 6) is 0.643. The van der Waals surface area contributed by atoms with Crippen LogP contribution in [0.4, 0.5) is 0 Å². The van der Waals surface area contributed by atoms with Gasteiger partial charge in [0.25, 0.3) is 5.91 Å². The second-order valence-corrected chi connectivity index (χ2v) is 9.96. The van der Waals surface area contributed by atoms with Crippen molar-refractivity contribution in [2.45, 2.75) is 77.4 Å². The molecular formula is C27H40N4O3. The third kappa shape index (κ3) is 4.67. The molecule has 1 fully saturated rings. The van der Waals surface area contributed by atoms with E-state index in [9.17, 15) is 9.59 Å². The van der Waals surface area contributed by atoms with Gasteiger partial charge >= 0.3 is 0 Å². The zero-order valence-corrected chi connectivity index (χ0v) is 21.2. The lowest BCUT2D eigenvalue weighted by Gasteiger charge is -2.45.